The molecule has 3 aromatic rings. The fourth-order valence-electron chi connectivity index (χ4n) is 2.55. The number of rotatable bonds is 2. The SMILES string of the molecule is Nc1cccnc1-c1nc2cc(F)ccc2n1C1CC1. The van der Waals surface area contributed by atoms with E-state index in [2.05, 4.69) is 14.5 Å². The number of nitrogens with zero attached hydrogens (tertiary/aromatic N) is 3. The van der Waals surface area contributed by atoms with Crippen LogP contribution >= 0.6 is 0 Å². The first kappa shape index (κ1) is 11.4. The summed E-state index contributed by atoms with van der Waals surface area (Å²) in [6.45, 7) is 0. The van der Waals surface area contributed by atoms with Gasteiger partial charge in [-0.1, -0.05) is 0 Å². The number of pyridine rings is 1. The molecule has 1 aliphatic carbocycles. The lowest BCUT2D eigenvalue weighted by molar-refractivity contribution is 0.629. The molecule has 0 radical (unpaired) electrons. The predicted molar refractivity (Wildman–Crippen MR) is 75.6 cm³/mol. The van der Waals surface area contributed by atoms with E-state index < -0.39 is 0 Å². The molecule has 0 amide bonds. The van der Waals surface area contributed by atoms with Crippen LogP contribution in [-0.4, -0.2) is 14.5 Å². The van der Waals surface area contributed by atoms with E-state index in [1.165, 1.54) is 12.1 Å². The largest absolute Gasteiger partial charge is 0.397 e. The quantitative estimate of drug-likeness (QED) is 0.776. The molecule has 0 spiro atoms. The smallest absolute Gasteiger partial charge is 0.162 e. The molecule has 2 aromatic heterocycles. The van der Waals surface area contributed by atoms with E-state index in [1.807, 2.05) is 0 Å². The number of fused-ring (bicyclic) bond motifs is 1. The van der Waals surface area contributed by atoms with Crippen molar-refractivity contribution in [1.29, 1.82) is 0 Å². The lowest BCUT2D eigenvalue weighted by Gasteiger charge is -2.08. The highest BCUT2D eigenvalue weighted by molar-refractivity contribution is 5.82. The fraction of sp³-hybridized carbons (Fsp3) is 0.200. The number of nitrogen functional groups attached to an aromatic ring is 1. The van der Waals surface area contributed by atoms with Crippen LogP contribution < -0.4 is 5.73 Å². The van der Waals surface area contributed by atoms with Crippen molar-refractivity contribution in [3.8, 4) is 11.5 Å². The van der Waals surface area contributed by atoms with Gasteiger partial charge in [-0.15, -0.1) is 0 Å². The minimum absolute atomic E-state index is 0.279. The number of anilines is 1. The maximum absolute atomic E-state index is 13.4. The van der Waals surface area contributed by atoms with E-state index >= 15 is 0 Å². The molecule has 0 bridgehead atoms. The Morgan fingerprint density at radius 1 is 1.25 bits per heavy atom. The van der Waals surface area contributed by atoms with Crippen LogP contribution in [0.3, 0.4) is 0 Å². The molecule has 4 nitrogen and oxygen atoms in total. The molecule has 1 saturated carbocycles. The lowest BCUT2D eigenvalue weighted by Crippen LogP contribution is -2.01. The third-order valence-electron chi connectivity index (χ3n) is 3.61. The van der Waals surface area contributed by atoms with Crippen LogP contribution in [0.25, 0.3) is 22.6 Å². The highest BCUT2D eigenvalue weighted by atomic mass is 19.1. The van der Waals surface area contributed by atoms with Crippen LogP contribution in [-0.2, 0) is 0 Å². The van der Waals surface area contributed by atoms with Crippen molar-refractivity contribution in [1.82, 2.24) is 14.5 Å². The highest BCUT2D eigenvalue weighted by Crippen LogP contribution is 2.41. The second-order valence-electron chi connectivity index (χ2n) is 5.11. The van der Waals surface area contributed by atoms with E-state index in [0.717, 1.165) is 24.2 Å². The minimum Gasteiger partial charge on any atom is -0.397 e. The molecular weight excluding hydrogens is 255 g/mol. The van der Waals surface area contributed by atoms with Crippen LogP contribution in [0.15, 0.2) is 36.5 Å². The number of halogens is 1. The molecule has 4 rings (SSSR count). The molecule has 2 heterocycles. The second-order valence-corrected chi connectivity index (χ2v) is 5.11. The van der Waals surface area contributed by atoms with E-state index in [0.29, 0.717) is 22.9 Å². The summed E-state index contributed by atoms with van der Waals surface area (Å²) in [5.74, 6) is 0.449. The third-order valence-corrected chi connectivity index (χ3v) is 3.61. The summed E-state index contributed by atoms with van der Waals surface area (Å²) in [5.41, 5.74) is 8.84. The molecule has 0 unspecified atom stereocenters. The normalized spacial score (nSPS) is 14.8. The average molecular weight is 268 g/mol. The van der Waals surface area contributed by atoms with Crippen LogP contribution in [0.1, 0.15) is 18.9 Å². The van der Waals surface area contributed by atoms with Crippen molar-refractivity contribution < 1.29 is 4.39 Å². The average Bonchev–Trinajstić information content (AvgIpc) is 3.20. The maximum Gasteiger partial charge on any atom is 0.162 e. The second kappa shape index (κ2) is 4.03. The summed E-state index contributed by atoms with van der Waals surface area (Å²) < 4.78 is 15.5. The van der Waals surface area contributed by atoms with Gasteiger partial charge in [-0.2, -0.15) is 0 Å². The first-order chi connectivity index (χ1) is 9.74. The number of hydrogen-bond acceptors (Lipinski definition) is 3. The Hall–Kier alpha value is -2.43. The van der Waals surface area contributed by atoms with Gasteiger partial charge in [0.2, 0.25) is 0 Å². The molecule has 1 fully saturated rings. The van der Waals surface area contributed by atoms with Crippen LogP contribution in [0, 0.1) is 5.82 Å². The molecule has 5 heteroatoms. The Bertz CT molecular complexity index is 805. The number of aromatic nitrogens is 3. The molecule has 0 saturated heterocycles. The Labute approximate surface area is 115 Å². The van der Waals surface area contributed by atoms with Crippen molar-refractivity contribution in [2.24, 2.45) is 0 Å². The summed E-state index contributed by atoms with van der Waals surface area (Å²) in [7, 11) is 0. The standard InChI is InChI=1S/C15H13FN4/c16-9-3-6-13-12(8-9)19-15(20(13)10-4-5-10)14-11(17)2-1-7-18-14/h1-3,6-8,10H,4-5,17H2. The van der Waals surface area contributed by atoms with Gasteiger partial charge in [-0.25, -0.2) is 9.37 Å². The van der Waals surface area contributed by atoms with Crippen molar-refractivity contribution in [3.05, 3.63) is 42.3 Å². The van der Waals surface area contributed by atoms with Gasteiger partial charge in [0.1, 0.15) is 11.5 Å². The fourth-order valence-corrected chi connectivity index (χ4v) is 2.55. The van der Waals surface area contributed by atoms with Gasteiger partial charge in [0.25, 0.3) is 0 Å². The first-order valence-corrected chi connectivity index (χ1v) is 6.62. The van der Waals surface area contributed by atoms with Crippen LogP contribution in [0.5, 0.6) is 0 Å². The van der Waals surface area contributed by atoms with Crippen LogP contribution in [0.2, 0.25) is 0 Å². The zero-order valence-electron chi connectivity index (χ0n) is 10.8. The van der Waals surface area contributed by atoms with Gasteiger partial charge in [-0.3, -0.25) is 4.98 Å². The summed E-state index contributed by atoms with van der Waals surface area (Å²) >= 11 is 0. The van der Waals surface area contributed by atoms with Crippen molar-refractivity contribution >= 4 is 16.7 Å². The van der Waals surface area contributed by atoms with Crippen molar-refractivity contribution in [2.75, 3.05) is 5.73 Å². The highest BCUT2D eigenvalue weighted by Gasteiger charge is 2.29. The number of nitrogens with two attached hydrogens (primary N) is 1. The number of hydrogen-bond donors (Lipinski definition) is 1. The maximum atomic E-state index is 13.4. The van der Waals surface area contributed by atoms with Gasteiger partial charge < -0.3 is 10.3 Å². The monoisotopic (exact) mass is 268 g/mol. The Balaban J connectivity index is 2.03. The molecule has 20 heavy (non-hydrogen) atoms. The Morgan fingerprint density at radius 3 is 2.85 bits per heavy atom. The summed E-state index contributed by atoms with van der Waals surface area (Å²) in [5, 5.41) is 0. The molecule has 1 aromatic carbocycles. The molecule has 0 aliphatic heterocycles. The molecule has 0 atom stereocenters. The van der Waals surface area contributed by atoms with Gasteiger partial charge in [0.15, 0.2) is 5.82 Å². The Morgan fingerprint density at radius 2 is 2.10 bits per heavy atom. The van der Waals surface area contributed by atoms with Crippen molar-refractivity contribution in [3.63, 3.8) is 0 Å². The summed E-state index contributed by atoms with van der Waals surface area (Å²) in [6.07, 6.45) is 3.92. The predicted octanol–water partition coefficient (Wildman–Crippen LogP) is 3.15. The number of benzene rings is 1. The topological polar surface area (TPSA) is 56.7 Å². The van der Waals surface area contributed by atoms with E-state index in [1.54, 1.807) is 24.4 Å². The van der Waals surface area contributed by atoms with Gasteiger partial charge >= 0.3 is 0 Å². The summed E-state index contributed by atoms with van der Waals surface area (Å²) in [6, 6.07) is 8.72. The van der Waals surface area contributed by atoms with E-state index in [-0.39, 0.29) is 5.82 Å². The lowest BCUT2D eigenvalue weighted by atomic mass is 10.3. The zero-order chi connectivity index (χ0) is 13.7. The zero-order valence-corrected chi connectivity index (χ0v) is 10.8. The summed E-state index contributed by atoms with van der Waals surface area (Å²) in [4.78, 5) is 8.88. The van der Waals surface area contributed by atoms with Crippen molar-refractivity contribution in [2.45, 2.75) is 18.9 Å². The van der Waals surface area contributed by atoms with E-state index in [4.69, 9.17) is 5.73 Å². The number of imidazole rings is 1. The molecule has 1 aliphatic rings. The van der Waals surface area contributed by atoms with E-state index in [9.17, 15) is 4.39 Å². The molecule has 100 valence electrons. The Kier molecular flexibility index (Phi) is 2.30. The molecular formula is C15H13FN4. The minimum atomic E-state index is -0.279. The first-order valence-electron chi connectivity index (χ1n) is 6.62. The van der Waals surface area contributed by atoms with Gasteiger partial charge in [-0.05, 0) is 37.1 Å². The van der Waals surface area contributed by atoms with Gasteiger partial charge in [0, 0.05) is 18.3 Å². The van der Waals surface area contributed by atoms with Gasteiger partial charge in [0.05, 0.1) is 16.7 Å². The molecule has 2 N–H and O–H groups in total. The third kappa shape index (κ3) is 1.66. The van der Waals surface area contributed by atoms with Crippen LogP contribution in [0.4, 0.5) is 10.1 Å².